The van der Waals surface area contributed by atoms with Gasteiger partial charge in [0.25, 0.3) is 0 Å². The number of rotatable bonds is 3. The second-order valence-corrected chi connectivity index (χ2v) is 6.29. The van der Waals surface area contributed by atoms with Crippen molar-refractivity contribution in [1.82, 2.24) is 4.98 Å². The third-order valence-corrected chi connectivity index (χ3v) is 4.43. The zero-order chi connectivity index (χ0) is 16.5. The van der Waals surface area contributed by atoms with Crippen molar-refractivity contribution in [2.24, 2.45) is 4.99 Å². The molecule has 4 rings (SSSR count). The Labute approximate surface area is 141 Å². The summed E-state index contributed by atoms with van der Waals surface area (Å²) >= 11 is 1.33. The molecule has 0 bridgehead atoms. The minimum absolute atomic E-state index is 0.0339. The Morgan fingerprint density at radius 2 is 1.79 bits per heavy atom. The fraction of sp³-hybridized carbons (Fsp3) is 0. The highest BCUT2D eigenvalue weighted by Crippen LogP contribution is 2.32. The number of anilines is 2. The molecule has 3 aromatic rings. The average Bonchev–Trinajstić information content (AvgIpc) is 3.13. The van der Waals surface area contributed by atoms with Crippen LogP contribution in [-0.4, -0.2) is 15.2 Å². The number of phenols is 1. The maximum atomic E-state index is 10.0. The molecule has 1 aromatic heterocycles. The van der Waals surface area contributed by atoms with Crippen LogP contribution in [0.25, 0.3) is 12.2 Å². The number of allylic oxidation sites excluding steroid dienone is 1. The zero-order valence-corrected chi connectivity index (χ0v) is 13.3. The molecule has 0 spiro atoms. The summed E-state index contributed by atoms with van der Waals surface area (Å²) in [5, 5.41) is 25.0. The number of hydrogen-bond donors (Lipinski definition) is 3. The number of nitrogens with one attached hydrogen (secondary N) is 1. The number of aromatic hydroxyl groups is 2. The van der Waals surface area contributed by atoms with E-state index in [0.29, 0.717) is 10.0 Å². The molecule has 2 aromatic carbocycles. The van der Waals surface area contributed by atoms with Crippen molar-refractivity contribution < 1.29 is 10.2 Å². The van der Waals surface area contributed by atoms with Crippen LogP contribution in [-0.2, 0) is 0 Å². The minimum Gasteiger partial charge on any atom is -0.508 e. The van der Waals surface area contributed by atoms with Crippen LogP contribution in [0.4, 0.5) is 10.8 Å². The van der Waals surface area contributed by atoms with E-state index in [0.717, 1.165) is 22.0 Å². The number of aromatic nitrogens is 1. The van der Waals surface area contributed by atoms with Gasteiger partial charge < -0.3 is 15.5 Å². The first kappa shape index (κ1) is 14.5. The molecule has 6 heteroatoms. The fourth-order valence-corrected chi connectivity index (χ4v) is 3.22. The Bertz CT molecular complexity index is 1020. The normalized spacial score (nSPS) is 14.1. The SMILES string of the molecule is Oc1ccc(Nc2nc(O)c(/C=C3/C=c4ccccc4=N3)s2)cc1. The molecular formula is C18H13N3O2S. The molecule has 0 radical (unpaired) electrons. The molecule has 0 fully saturated rings. The number of hydrogen-bond acceptors (Lipinski definition) is 6. The minimum atomic E-state index is -0.0339. The Morgan fingerprint density at radius 1 is 1.00 bits per heavy atom. The molecule has 0 atom stereocenters. The zero-order valence-electron chi connectivity index (χ0n) is 12.5. The largest absolute Gasteiger partial charge is 0.508 e. The van der Waals surface area contributed by atoms with Crippen molar-refractivity contribution in [3.63, 3.8) is 0 Å². The van der Waals surface area contributed by atoms with Crippen molar-refractivity contribution >= 4 is 34.3 Å². The molecule has 1 aliphatic rings. The monoisotopic (exact) mass is 335 g/mol. The summed E-state index contributed by atoms with van der Waals surface area (Å²) in [6.45, 7) is 0. The highest BCUT2D eigenvalue weighted by molar-refractivity contribution is 7.16. The highest BCUT2D eigenvalue weighted by Gasteiger charge is 2.10. The van der Waals surface area contributed by atoms with Crippen molar-refractivity contribution in [2.45, 2.75) is 0 Å². The van der Waals surface area contributed by atoms with Gasteiger partial charge in [0.1, 0.15) is 5.75 Å². The summed E-state index contributed by atoms with van der Waals surface area (Å²) < 4.78 is 0. The average molecular weight is 335 g/mol. The summed E-state index contributed by atoms with van der Waals surface area (Å²) in [5.74, 6) is 0.166. The van der Waals surface area contributed by atoms with E-state index in [1.54, 1.807) is 24.3 Å². The number of thiazole rings is 1. The molecule has 118 valence electrons. The lowest BCUT2D eigenvalue weighted by atomic mass is 10.3. The number of para-hydroxylation sites is 1. The Morgan fingerprint density at radius 3 is 2.58 bits per heavy atom. The van der Waals surface area contributed by atoms with Crippen molar-refractivity contribution in [3.8, 4) is 11.6 Å². The topological polar surface area (TPSA) is 77.7 Å². The molecule has 1 aliphatic heterocycles. The molecule has 3 N–H and O–H groups in total. The summed E-state index contributed by atoms with van der Waals surface area (Å²) in [5.41, 5.74) is 1.57. The molecule has 0 amide bonds. The molecule has 0 unspecified atom stereocenters. The van der Waals surface area contributed by atoms with Gasteiger partial charge in [-0.15, -0.1) is 0 Å². The second kappa shape index (κ2) is 5.82. The van der Waals surface area contributed by atoms with E-state index in [1.807, 2.05) is 36.4 Å². The molecule has 2 heterocycles. The number of fused-ring (bicyclic) bond motifs is 1. The molecular weight excluding hydrogens is 322 g/mol. The van der Waals surface area contributed by atoms with E-state index in [-0.39, 0.29) is 11.6 Å². The van der Waals surface area contributed by atoms with Crippen LogP contribution in [0.3, 0.4) is 0 Å². The number of nitrogens with zero attached hydrogens (tertiary/aromatic N) is 2. The van der Waals surface area contributed by atoms with E-state index in [2.05, 4.69) is 15.3 Å². The summed E-state index contributed by atoms with van der Waals surface area (Å²) in [4.78, 5) is 9.27. The third kappa shape index (κ3) is 2.87. The van der Waals surface area contributed by atoms with Gasteiger partial charge in [-0.1, -0.05) is 29.5 Å². The van der Waals surface area contributed by atoms with Gasteiger partial charge in [-0.05, 0) is 42.5 Å². The maximum absolute atomic E-state index is 10.0. The van der Waals surface area contributed by atoms with Gasteiger partial charge in [-0.3, -0.25) is 0 Å². The van der Waals surface area contributed by atoms with Crippen LogP contribution in [0.2, 0.25) is 0 Å². The Kier molecular flexibility index (Phi) is 3.51. The Balaban J connectivity index is 1.61. The van der Waals surface area contributed by atoms with Gasteiger partial charge >= 0.3 is 0 Å². The fourth-order valence-electron chi connectivity index (χ4n) is 2.39. The van der Waals surface area contributed by atoms with E-state index in [4.69, 9.17) is 0 Å². The lowest BCUT2D eigenvalue weighted by Crippen LogP contribution is -2.19. The van der Waals surface area contributed by atoms with Crippen LogP contribution in [0.5, 0.6) is 11.6 Å². The van der Waals surface area contributed by atoms with Gasteiger partial charge in [0, 0.05) is 10.9 Å². The molecule has 0 saturated carbocycles. The van der Waals surface area contributed by atoms with Gasteiger partial charge in [-0.25, -0.2) is 4.99 Å². The van der Waals surface area contributed by atoms with Crippen LogP contribution in [0.15, 0.2) is 59.2 Å². The van der Waals surface area contributed by atoms with Gasteiger partial charge in [0.05, 0.1) is 15.9 Å². The first-order valence-corrected chi connectivity index (χ1v) is 8.12. The molecule has 0 aliphatic carbocycles. The lowest BCUT2D eigenvalue weighted by molar-refractivity contribution is 0.457. The number of phenolic OH excluding ortho intramolecular Hbond substituents is 1. The quantitative estimate of drug-likeness (QED) is 0.643. The molecule has 0 saturated heterocycles. The lowest BCUT2D eigenvalue weighted by Gasteiger charge is -2.01. The van der Waals surface area contributed by atoms with E-state index >= 15 is 0 Å². The van der Waals surface area contributed by atoms with Crippen molar-refractivity contribution in [1.29, 1.82) is 0 Å². The Hall–Kier alpha value is -3.12. The first-order valence-electron chi connectivity index (χ1n) is 7.30. The van der Waals surface area contributed by atoms with Crippen LogP contribution < -0.4 is 15.9 Å². The maximum Gasteiger partial charge on any atom is 0.231 e. The van der Waals surface area contributed by atoms with Crippen LogP contribution >= 0.6 is 11.3 Å². The van der Waals surface area contributed by atoms with Crippen molar-refractivity contribution in [3.05, 3.63) is 69.7 Å². The molecule has 24 heavy (non-hydrogen) atoms. The highest BCUT2D eigenvalue weighted by atomic mass is 32.1. The van der Waals surface area contributed by atoms with Crippen molar-refractivity contribution in [2.75, 3.05) is 5.32 Å². The summed E-state index contributed by atoms with van der Waals surface area (Å²) in [6, 6.07) is 14.5. The summed E-state index contributed by atoms with van der Waals surface area (Å²) in [7, 11) is 0. The smallest absolute Gasteiger partial charge is 0.231 e. The predicted molar refractivity (Wildman–Crippen MR) is 94.8 cm³/mol. The van der Waals surface area contributed by atoms with Gasteiger partial charge in [0.2, 0.25) is 5.88 Å². The van der Waals surface area contributed by atoms with Crippen LogP contribution in [0.1, 0.15) is 4.88 Å². The van der Waals surface area contributed by atoms with Gasteiger partial charge in [-0.2, -0.15) is 4.98 Å². The van der Waals surface area contributed by atoms with E-state index < -0.39 is 0 Å². The second-order valence-electron chi connectivity index (χ2n) is 5.26. The first-order chi connectivity index (χ1) is 11.7. The van der Waals surface area contributed by atoms with Gasteiger partial charge in [0.15, 0.2) is 5.13 Å². The molecule has 5 nitrogen and oxygen atoms in total. The van der Waals surface area contributed by atoms with Crippen LogP contribution in [0, 0.1) is 0 Å². The standard InChI is InChI=1S/C18H13N3O2S/c22-14-7-5-12(6-8-14)20-18-21-17(23)16(24-18)10-13-9-11-3-1-2-4-15(11)19-13/h1-10,22-23H,(H,20,21)/b13-10-. The van der Waals surface area contributed by atoms with E-state index in [9.17, 15) is 10.2 Å². The number of benzene rings is 2. The summed E-state index contributed by atoms with van der Waals surface area (Å²) in [6.07, 6.45) is 3.79. The third-order valence-electron chi connectivity index (χ3n) is 3.52. The predicted octanol–water partition coefficient (Wildman–Crippen LogP) is 2.75. The van der Waals surface area contributed by atoms with E-state index in [1.165, 1.54) is 11.3 Å².